The highest BCUT2D eigenvalue weighted by atomic mass is 16.5. The zero-order valence-electron chi connectivity index (χ0n) is 9.22. The summed E-state index contributed by atoms with van der Waals surface area (Å²) >= 11 is 0. The van der Waals surface area contributed by atoms with Crippen LogP contribution in [-0.4, -0.2) is 10.9 Å². The molecule has 3 heteroatoms. The van der Waals surface area contributed by atoms with Gasteiger partial charge >= 0.3 is 0 Å². The second-order valence-electron chi connectivity index (χ2n) is 4.00. The Morgan fingerprint density at radius 2 is 2.00 bits per heavy atom. The van der Waals surface area contributed by atoms with Gasteiger partial charge in [-0.1, -0.05) is 47.6 Å². The molecule has 17 heavy (non-hydrogen) atoms. The number of rotatable bonds is 1. The van der Waals surface area contributed by atoms with Crippen molar-refractivity contribution in [1.82, 2.24) is 5.16 Å². The van der Waals surface area contributed by atoms with E-state index >= 15 is 0 Å². The number of nitrogens with zero attached hydrogens (tertiary/aromatic N) is 1. The maximum absolute atomic E-state index is 11.8. The molecular weight excluding hydrogens is 214 g/mol. The molecule has 0 atom stereocenters. The molecule has 1 aliphatic carbocycles. The largest absolute Gasteiger partial charge is 0.352 e. The molecule has 3 rings (SSSR count). The van der Waals surface area contributed by atoms with Gasteiger partial charge in [0.25, 0.3) is 0 Å². The highest BCUT2D eigenvalue weighted by molar-refractivity contribution is 5.99. The highest BCUT2D eigenvalue weighted by Crippen LogP contribution is 2.29. The van der Waals surface area contributed by atoms with Gasteiger partial charge in [0.15, 0.2) is 0 Å². The summed E-state index contributed by atoms with van der Waals surface area (Å²) in [5.41, 5.74) is 2.52. The fourth-order valence-corrected chi connectivity index (χ4v) is 1.99. The van der Waals surface area contributed by atoms with Crippen molar-refractivity contribution in [2.75, 3.05) is 0 Å². The van der Waals surface area contributed by atoms with E-state index in [1.807, 2.05) is 42.5 Å². The first-order chi connectivity index (χ1) is 8.36. The quantitative estimate of drug-likeness (QED) is 0.747. The summed E-state index contributed by atoms with van der Waals surface area (Å²) in [6.07, 6.45) is 5.18. The van der Waals surface area contributed by atoms with Gasteiger partial charge in [-0.05, 0) is 6.42 Å². The molecule has 0 N–H and O–H groups in total. The van der Waals surface area contributed by atoms with Crippen molar-refractivity contribution in [2.45, 2.75) is 12.8 Å². The van der Waals surface area contributed by atoms with E-state index in [1.165, 1.54) is 0 Å². The van der Waals surface area contributed by atoms with Gasteiger partial charge in [-0.15, -0.1) is 0 Å². The Morgan fingerprint density at radius 3 is 2.82 bits per heavy atom. The van der Waals surface area contributed by atoms with Gasteiger partial charge in [0.05, 0.1) is 5.56 Å². The van der Waals surface area contributed by atoms with Crippen LogP contribution >= 0.6 is 0 Å². The van der Waals surface area contributed by atoms with Crippen molar-refractivity contribution in [1.29, 1.82) is 0 Å². The number of ketones is 1. The third-order valence-corrected chi connectivity index (χ3v) is 2.85. The molecular formula is C14H11NO2. The Morgan fingerprint density at radius 1 is 1.18 bits per heavy atom. The third kappa shape index (κ3) is 1.69. The van der Waals surface area contributed by atoms with E-state index < -0.39 is 0 Å². The first-order valence-corrected chi connectivity index (χ1v) is 5.61. The van der Waals surface area contributed by atoms with E-state index in [9.17, 15) is 4.79 Å². The molecule has 3 nitrogen and oxygen atoms in total. The van der Waals surface area contributed by atoms with Crippen LogP contribution in [0.15, 0.2) is 40.9 Å². The normalized spacial score (nSPS) is 14.5. The fraction of sp³-hybridized carbons (Fsp3) is 0.143. The zero-order valence-corrected chi connectivity index (χ0v) is 9.22. The molecule has 0 unspecified atom stereocenters. The summed E-state index contributed by atoms with van der Waals surface area (Å²) in [6.45, 7) is 0. The summed E-state index contributed by atoms with van der Waals surface area (Å²) in [6, 6.07) is 9.75. The van der Waals surface area contributed by atoms with Crippen LogP contribution in [0.25, 0.3) is 17.3 Å². The zero-order chi connectivity index (χ0) is 11.7. The van der Waals surface area contributed by atoms with E-state index in [2.05, 4.69) is 5.16 Å². The van der Waals surface area contributed by atoms with Crippen LogP contribution in [0.4, 0.5) is 0 Å². The number of carbonyl (C=O) groups is 1. The van der Waals surface area contributed by atoms with Crippen molar-refractivity contribution >= 4 is 11.9 Å². The molecule has 1 aliphatic rings. The van der Waals surface area contributed by atoms with Crippen molar-refractivity contribution in [3.05, 3.63) is 47.7 Å². The molecule has 1 heterocycles. The molecule has 0 spiro atoms. The predicted molar refractivity (Wildman–Crippen MR) is 64.5 cm³/mol. The van der Waals surface area contributed by atoms with Gasteiger partial charge in [-0.3, -0.25) is 4.79 Å². The molecule has 1 aromatic carbocycles. The summed E-state index contributed by atoms with van der Waals surface area (Å²) in [5, 5.41) is 4.01. The van der Waals surface area contributed by atoms with Gasteiger partial charge in [-0.2, -0.15) is 0 Å². The lowest BCUT2D eigenvalue weighted by atomic mass is 10.1. The average molecular weight is 225 g/mol. The maximum Gasteiger partial charge on any atom is 0.210 e. The number of hydrogen-bond acceptors (Lipinski definition) is 3. The number of Topliss-reactive ketones (excluding diaryl/α,β-unsaturated/α-hetero) is 1. The van der Waals surface area contributed by atoms with Gasteiger partial charge in [0, 0.05) is 12.0 Å². The minimum atomic E-state index is 0.0275. The number of hydrogen-bond donors (Lipinski definition) is 0. The molecule has 0 amide bonds. The Balaban J connectivity index is 2.17. The van der Waals surface area contributed by atoms with Crippen LogP contribution in [0.1, 0.15) is 29.0 Å². The molecule has 84 valence electrons. The molecule has 0 saturated heterocycles. The van der Waals surface area contributed by atoms with Crippen LogP contribution < -0.4 is 0 Å². The highest BCUT2D eigenvalue weighted by Gasteiger charge is 2.22. The van der Waals surface area contributed by atoms with Crippen molar-refractivity contribution in [2.24, 2.45) is 0 Å². The maximum atomic E-state index is 11.8. The second kappa shape index (κ2) is 4.01. The number of allylic oxidation sites excluding steroid dienone is 1. The molecule has 0 radical (unpaired) electrons. The van der Waals surface area contributed by atoms with E-state index in [0.717, 1.165) is 23.2 Å². The molecule has 0 aliphatic heterocycles. The Kier molecular flexibility index (Phi) is 2.37. The average Bonchev–Trinajstić information content (AvgIpc) is 2.71. The van der Waals surface area contributed by atoms with Gasteiger partial charge in [0.1, 0.15) is 5.69 Å². The van der Waals surface area contributed by atoms with Crippen LogP contribution in [0, 0.1) is 0 Å². The number of benzene rings is 1. The van der Waals surface area contributed by atoms with E-state index in [0.29, 0.717) is 12.2 Å². The second-order valence-corrected chi connectivity index (χ2v) is 4.00. The lowest BCUT2D eigenvalue weighted by Gasteiger charge is -1.96. The van der Waals surface area contributed by atoms with Crippen LogP contribution in [0.2, 0.25) is 0 Å². The standard InChI is InChI=1S/C14H11NO2/c16-12-9-5-4-8-11-13(15-17-14(11)12)10-6-2-1-3-7-10/h1-4,6-8H,5,9H2. The molecule has 0 bridgehead atoms. The smallest absolute Gasteiger partial charge is 0.210 e. The summed E-state index contributed by atoms with van der Waals surface area (Å²) in [4.78, 5) is 11.8. The van der Waals surface area contributed by atoms with Crippen molar-refractivity contribution < 1.29 is 9.32 Å². The van der Waals surface area contributed by atoms with Crippen LogP contribution in [0.5, 0.6) is 0 Å². The predicted octanol–water partition coefficient (Wildman–Crippen LogP) is 3.33. The topological polar surface area (TPSA) is 43.1 Å². The SMILES string of the molecule is O=C1CCC=Cc2c(-c3ccccc3)noc21. The first-order valence-electron chi connectivity index (χ1n) is 5.61. The van der Waals surface area contributed by atoms with Gasteiger partial charge in [0.2, 0.25) is 11.5 Å². The molecule has 0 saturated carbocycles. The lowest BCUT2D eigenvalue weighted by Crippen LogP contribution is -1.96. The van der Waals surface area contributed by atoms with Crippen LogP contribution in [0.3, 0.4) is 0 Å². The Bertz CT molecular complexity index is 582. The van der Waals surface area contributed by atoms with Crippen LogP contribution in [-0.2, 0) is 0 Å². The van der Waals surface area contributed by atoms with E-state index in [4.69, 9.17) is 4.52 Å². The van der Waals surface area contributed by atoms with Gasteiger partial charge < -0.3 is 4.52 Å². The number of fused-ring (bicyclic) bond motifs is 1. The Labute approximate surface area is 98.7 Å². The van der Waals surface area contributed by atoms with E-state index in [-0.39, 0.29) is 5.78 Å². The van der Waals surface area contributed by atoms with Crippen molar-refractivity contribution in [3.63, 3.8) is 0 Å². The summed E-state index contributed by atoms with van der Waals surface area (Å²) < 4.78 is 5.18. The minimum absolute atomic E-state index is 0.0275. The molecule has 1 aromatic heterocycles. The first kappa shape index (κ1) is 10.0. The van der Waals surface area contributed by atoms with Crippen molar-refractivity contribution in [3.8, 4) is 11.3 Å². The Hall–Kier alpha value is -2.16. The molecule has 2 aromatic rings. The number of carbonyl (C=O) groups excluding carboxylic acids is 1. The van der Waals surface area contributed by atoms with Gasteiger partial charge in [-0.25, -0.2) is 0 Å². The monoisotopic (exact) mass is 225 g/mol. The fourth-order valence-electron chi connectivity index (χ4n) is 1.99. The molecule has 0 fully saturated rings. The summed E-state index contributed by atoms with van der Waals surface area (Å²) in [5.74, 6) is 0.414. The number of aromatic nitrogens is 1. The minimum Gasteiger partial charge on any atom is -0.352 e. The van der Waals surface area contributed by atoms with E-state index in [1.54, 1.807) is 0 Å². The lowest BCUT2D eigenvalue weighted by molar-refractivity contribution is 0.0948. The summed E-state index contributed by atoms with van der Waals surface area (Å²) in [7, 11) is 0. The third-order valence-electron chi connectivity index (χ3n) is 2.85.